The Kier molecular flexibility index (Phi) is 4.32. The lowest BCUT2D eigenvalue weighted by molar-refractivity contribution is 0.0954. The molecule has 0 bridgehead atoms. The number of hydrazone groups is 1. The number of para-hydroxylation sites is 1. The molecule has 0 aliphatic heterocycles. The Balaban J connectivity index is 2.07. The molecule has 2 N–H and O–H groups in total. The maximum absolute atomic E-state index is 12.9. The molecule has 102 valence electrons. The summed E-state index contributed by atoms with van der Waals surface area (Å²) in [6.45, 7) is 0. The van der Waals surface area contributed by atoms with Gasteiger partial charge in [0.15, 0.2) is 0 Å². The highest BCUT2D eigenvalue weighted by Crippen LogP contribution is 2.25. The van der Waals surface area contributed by atoms with Gasteiger partial charge in [-0.05, 0) is 30.3 Å². The third-order valence-electron chi connectivity index (χ3n) is 2.47. The van der Waals surface area contributed by atoms with E-state index in [2.05, 4.69) is 10.5 Å². The number of phenols is 1. The Hall–Kier alpha value is -2.40. The number of nitrogens with one attached hydrogen (secondary N) is 1. The number of phenolic OH excluding ortho intramolecular Hbond substituents is 1. The number of aromatic hydroxyl groups is 1. The molecule has 2 aromatic rings. The molecule has 0 fully saturated rings. The monoisotopic (exact) mass is 292 g/mol. The number of hydrogen-bond donors (Lipinski definition) is 2. The molecule has 0 aromatic heterocycles. The minimum atomic E-state index is -0.553. The first-order chi connectivity index (χ1) is 9.58. The van der Waals surface area contributed by atoms with Gasteiger partial charge in [-0.25, -0.2) is 9.82 Å². The van der Waals surface area contributed by atoms with E-state index >= 15 is 0 Å². The van der Waals surface area contributed by atoms with Gasteiger partial charge in [0, 0.05) is 11.1 Å². The van der Waals surface area contributed by atoms with E-state index in [1.165, 1.54) is 30.5 Å². The van der Waals surface area contributed by atoms with Crippen molar-refractivity contribution in [2.24, 2.45) is 5.10 Å². The van der Waals surface area contributed by atoms with Crippen LogP contribution in [0.5, 0.6) is 5.75 Å². The van der Waals surface area contributed by atoms with E-state index in [1.54, 1.807) is 12.1 Å². The second-order valence-corrected chi connectivity index (χ2v) is 4.29. The third-order valence-corrected chi connectivity index (χ3v) is 2.78. The fourth-order valence-electron chi connectivity index (χ4n) is 1.49. The third kappa shape index (κ3) is 3.33. The maximum atomic E-state index is 12.9. The minimum absolute atomic E-state index is 0.127. The zero-order chi connectivity index (χ0) is 14.5. The molecule has 0 heterocycles. The highest BCUT2D eigenvalue weighted by Gasteiger charge is 2.05. The van der Waals surface area contributed by atoms with Crippen molar-refractivity contribution >= 4 is 23.7 Å². The van der Waals surface area contributed by atoms with Crippen LogP contribution < -0.4 is 5.43 Å². The zero-order valence-electron chi connectivity index (χ0n) is 10.2. The average molecular weight is 293 g/mol. The molecule has 0 aliphatic rings. The lowest BCUT2D eigenvalue weighted by Gasteiger charge is -2.01. The Bertz CT molecular complexity index is 674. The van der Waals surface area contributed by atoms with Crippen LogP contribution in [-0.2, 0) is 0 Å². The summed E-state index contributed by atoms with van der Waals surface area (Å²) in [6, 6.07) is 9.98. The second kappa shape index (κ2) is 6.16. The normalized spacial score (nSPS) is 10.7. The number of amides is 1. The predicted octanol–water partition coefficient (Wildman–Crippen LogP) is 2.95. The maximum Gasteiger partial charge on any atom is 0.271 e. The lowest BCUT2D eigenvalue weighted by Crippen LogP contribution is -2.17. The fourth-order valence-corrected chi connectivity index (χ4v) is 1.67. The van der Waals surface area contributed by atoms with E-state index in [9.17, 15) is 14.3 Å². The first kappa shape index (κ1) is 14.0. The van der Waals surface area contributed by atoms with Gasteiger partial charge >= 0.3 is 0 Å². The summed E-state index contributed by atoms with van der Waals surface area (Å²) in [4.78, 5) is 11.7. The molecule has 0 spiro atoms. The van der Waals surface area contributed by atoms with Crippen molar-refractivity contribution in [3.63, 3.8) is 0 Å². The highest BCUT2D eigenvalue weighted by atomic mass is 35.5. The molecule has 0 saturated heterocycles. The molecule has 2 aromatic carbocycles. The molecule has 4 nitrogen and oxygen atoms in total. The molecule has 2 rings (SSSR count). The van der Waals surface area contributed by atoms with Gasteiger partial charge in [-0.15, -0.1) is 0 Å². The van der Waals surface area contributed by atoms with Crippen molar-refractivity contribution in [3.05, 3.63) is 64.4 Å². The SMILES string of the molecule is O=C(N/N=C/c1cccc(Cl)c1O)c1cccc(F)c1. The molecule has 0 saturated carbocycles. The van der Waals surface area contributed by atoms with Gasteiger partial charge in [-0.3, -0.25) is 4.79 Å². The van der Waals surface area contributed by atoms with E-state index < -0.39 is 11.7 Å². The lowest BCUT2D eigenvalue weighted by atomic mass is 10.2. The first-order valence-corrected chi connectivity index (χ1v) is 6.02. The van der Waals surface area contributed by atoms with Gasteiger partial charge in [0.1, 0.15) is 11.6 Å². The van der Waals surface area contributed by atoms with Crippen molar-refractivity contribution in [1.29, 1.82) is 0 Å². The molecular weight excluding hydrogens is 283 g/mol. The summed E-state index contributed by atoms with van der Waals surface area (Å²) in [6.07, 6.45) is 1.25. The number of carbonyl (C=O) groups is 1. The summed E-state index contributed by atoms with van der Waals surface area (Å²) >= 11 is 5.73. The van der Waals surface area contributed by atoms with Crippen molar-refractivity contribution in [2.75, 3.05) is 0 Å². The van der Waals surface area contributed by atoms with Gasteiger partial charge in [-0.1, -0.05) is 23.7 Å². The molecule has 20 heavy (non-hydrogen) atoms. The predicted molar refractivity (Wildman–Crippen MR) is 74.6 cm³/mol. The van der Waals surface area contributed by atoms with Gasteiger partial charge in [-0.2, -0.15) is 5.10 Å². The van der Waals surface area contributed by atoms with E-state index in [1.807, 2.05) is 0 Å². The van der Waals surface area contributed by atoms with Crippen LogP contribution in [0.1, 0.15) is 15.9 Å². The number of nitrogens with zero attached hydrogens (tertiary/aromatic N) is 1. The van der Waals surface area contributed by atoms with Gasteiger partial charge in [0.05, 0.1) is 11.2 Å². The topological polar surface area (TPSA) is 61.7 Å². The average Bonchev–Trinajstić information content (AvgIpc) is 2.43. The van der Waals surface area contributed by atoms with Crippen LogP contribution in [0, 0.1) is 5.82 Å². The fraction of sp³-hybridized carbons (Fsp3) is 0. The van der Waals surface area contributed by atoms with Crippen molar-refractivity contribution in [2.45, 2.75) is 0 Å². The number of benzene rings is 2. The Morgan fingerprint density at radius 2 is 2.05 bits per heavy atom. The van der Waals surface area contributed by atoms with Crippen molar-refractivity contribution < 1.29 is 14.3 Å². The van der Waals surface area contributed by atoms with Crippen LogP contribution in [0.15, 0.2) is 47.6 Å². The number of hydrogen-bond acceptors (Lipinski definition) is 3. The van der Waals surface area contributed by atoms with E-state index in [-0.39, 0.29) is 16.3 Å². The Morgan fingerprint density at radius 3 is 2.80 bits per heavy atom. The van der Waals surface area contributed by atoms with Crippen LogP contribution in [0.25, 0.3) is 0 Å². The quantitative estimate of drug-likeness (QED) is 0.675. The van der Waals surface area contributed by atoms with Crippen LogP contribution in [0.2, 0.25) is 5.02 Å². The van der Waals surface area contributed by atoms with Gasteiger partial charge in [0.25, 0.3) is 5.91 Å². The Morgan fingerprint density at radius 1 is 1.30 bits per heavy atom. The van der Waals surface area contributed by atoms with Gasteiger partial charge < -0.3 is 5.11 Å². The zero-order valence-corrected chi connectivity index (χ0v) is 10.9. The summed E-state index contributed by atoms with van der Waals surface area (Å²) in [7, 11) is 0. The minimum Gasteiger partial charge on any atom is -0.506 e. The molecule has 0 unspecified atom stereocenters. The molecular formula is C14H10ClFN2O2. The number of halogens is 2. The molecule has 0 aliphatic carbocycles. The Labute approximate surface area is 119 Å². The second-order valence-electron chi connectivity index (χ2n) is 3.89. The summed E-state index contributed by atoms with van der Waals surface area (Å²) in [5.74, 6) is -1.19. The number of rotatable bonds is 3. The summed E-state index contributed by atoms with van der Waals surface area (Å²) < 4.78 is 12.9. The largest absolute Gasteiger partial charge is 0.506 e. The standard InChI is InChI=1S/C14H10ClFN2O2/c15-12-6-2-4-10(13(12)19)8-17-18-14(20)9-3-1-5-11(16)7-9/h1-8,19H,(H,18,20)/b17-8+. The van der Waals surface area contributed by atoms with Crippen LogP contribution in [0.4, 0.5) is 4.39 Å². The summed E-state index contributed by atoms with van der Waals surface area (Å²) in [5.41, 5.74) is 2.74. The molecule has 1 amide bonds. The first-order valence-electron chi connectivity index (χ1n) is 5.64. The molecule has 0 atom stereocenters. The van der Waals surface area contributed by atoms with Crippen LogP contribution >= 0.6 is 11.6 Å². The number of carbonyl (C=O) groups excluding carboxylic acids is 1. The van der Waals surface area contributed by atoms with E-state index in [4.69, 9.17) is 11.6 Å². The molecule has 6 heteroatoms. The van der Waals surface area contributed by atoms with Crippen molar-refractivity contribution in [3.8, 4) is 5.75 Å². The molecule has 0 radical (unpaired) electrons. The smallest absolute Gasteiger partial charge is 0.271 e. The highest BCUT2D eigenvalue weighted by molar-refractivity contribution is 6.32. The van der Waals surface area contributed by atoms with E-state index in [0.717, 1.165) is 6.07 Å². The van der Waals surface area contributed by atoms with Crippen molar-refractivity contribution in [1.82, 2.24) is 5.43 Å². The summed E-state index contributed by atoms with van der Waals surface area (Å²) in [5, 5.41) is 13.5. The van der Waals surface area contributed by atoms with E-state index in [0.29, 0.717) is 5.56 Å². The van der Waals surface area contributed by atoms with Crippen LogP contribution in [0.3, 0.4) is 0 Å². The van der Waals surface area contributed by atoms with Crippen LogP contribution in [-0.4, -0.2) is 17.2 Å². The van der Waals surface area contributed by atoms with Gasteiger partial charge in [0.2, 0.25) is 0 Å².